The minimum Gasteiger partial charge on any atom is -0.345 e. The Morgan fingerprint density at radius 1 is 1.17 bits per heavy atom. The lowest BCUT2D eigenvalue weighted by molar-refractivity contribution is 0.171. The van der Waals surface area contributed by atoms with Crippen molar-refractivity contribution in [3.05, 3.63) is 57.8 Å². The predicted molar refractivity (Wildman–Crippen MR) is 95.6 cm³/mol. The van der Waals surface area contributed by atoms with E-state index in [-0.39, 0.29) is 16.6 Å². The van der Waals surface area contributed by atoms with Crippen molar-refractivity contribution in [1.82, 2.24) is 4.90 Å². The number of benzene rings is 1. The van der Waals surface area contributed by atoms with Crippen LogP contribution in [0.5, 0.6) is 0 Å². The van der Waals surface area contributed by atoms with Crippen LogP contribution in [0.1, 0.15) is 31.0 Å². The lowest BCUT2D eigenvalue weighted by Crippen LogP contribution is -2.40. The van der Waals surface area contributed by atoms with Crippen LogP contribution in [0.2, 0.25) is 5.02 Å². The van der Waals surface area contributed by atoms with Crippen LogP contribution in [-0.4, -0.2) is 28.7 Å². The van der Waals surface area contributed by atoms with E-state index < -0.39 is 17.8 Å². The topological polar surface area (TPSA) is 15.6 Å². The zero-order valence-corrected chi connectivity index (χ0v) is 14.6. The molecular weight excluding hydrogens is 350 g/mol. The molecule has 2 nitrogen and oxygen atoms in total. The first kappa shape index (κ1) is 16.2. The van der Waals surface area contributed by atoms with Crippen LogP contribution in [0.25, 0.3) is 0 Å². The van der Waals surface area contributed by atoms with E-state index in [1.807, 2.05) is 18.0 Å². The van der Waals surface area contributed by atoms with Gasteiger partial charge in [-0.15, -0.1) is 0 Å². The Balaban J connectivity index is 1.77. The number of hydrogen-bond acceptors (Lipinski definition) is 3. The van der Waals surface area contributed by atoms with Gasteiger partial charge >= 0.3 is 0 Å². The predicted octanol–water partition coefficient (Wildman–Crippen LogP) is 5.11. The Kier molecular flexibility index (Phi) is 4.39. The Bertz CT molecular complexity index is 760. The van der Waals surface area contributed by atoms with E-state index in [9.17, 15) is 8.78 Å². The molecule has 24 heavy (non-hydrogen) atoms. The summed E-state index contributed by atoms with van der Waals surface area (Å²) < 4.78 is 28.5. The van der Waals surface area contributed by atoms with Crippen LogP contribution in [-0.2, 0) is 0 Å². The fourth-order valence-corrected chi connectivity index (χ4v) is 4.82. The fourth-order valence-electron chi connectivity index (χ4n) is 3.58. The normalized spacial score (nSPS) is 26.2. The number of nitrogens with zero attached hydrogens (tertiary/aromatic N) is 2. The molecule has 1 aromatic carbocycles. The van der Waals surface area contributed by atoms with Crippen molar-refractivity contribution in [2.24, 2.45) is 4.99 Å². The SMILES string of the molecule is Fc1cc(C2N=CC3=C(CSC3)N2C2CC=CCC2)c(F)cc1Cl. The molecule has 0 spiro atoms. The van der Waals surface area contributed by atoms with E-state index in [0.717, 1.165) is 36.8 Å². The minimum atomic E-state index is -0.604. The molecule has 0 saturated carbocycles. The number of hydrogen-bond donors (Lipinski definition) is 0. The molecule has 0 fully saturated rings. The molecule has 2 atom stereocenters. The lowest BCUT2D eigenvalue weighted by Gasteiger charge is -2.42. The average Bonchev–Trinajstić information content (AvgIpc) is 3.07. The van der Waals surface area contributed by atoms with Crippen molar-refractivity contribution in [3.8, 4) is 0 Å². The van der Waals surface area contributed by atoms with Crippen molar-refractivity contribution in [2.45, 2.75) is 31.5 Å². The van der Waals surface area contributed by atoms with Gasteiger partial charge in [0, 0.05) is 40.6 Å². The Labute approximate surface area is 149 Å². The molecule has 6 heteroatoms. The van der Waals surface area contributed by atoms with Gasteiger partial charge in [0.15, 0.2) is 0 Å². The van der Waals surface area contributed by atoms with Gasteiger partial charge in [-0.2, -0.15) is 11.8 Å². The molecule has 4 rings (SSSR count). The van der Waals surface area contributed by atoms with Crippen LogP contribution in [0.15, 0.2) is 40.5 Å². The van der Waals surface area contributed by atoms with Crippen molar-refractivity contribution in [1.29, 1.82) is 0 Å². The van der Waals surface area contributed by atoms with Gasteiger partial charge in [0.25, 0.3) is 0 Å². The van der Waals surface area contributed by atoms with Crippen molar-refractivity contribution in [3.63, 3.8) is 0 Å². The molecular formula is C18H17ClF2N2S. The molecule has 1 aromatic rings. The highest BCUT2D eigenvalue weighted by Gasteiger charge is 2.36. The number of aliphatic imine (C=N–C) groups is 1. The Hall–Kier alpha value is -1.33. The maximum Gasteiger partial charge on any atom is 0.150 e. The zero-order valence-electron chi connectivity index (χ0n) is 13.0. The van der Waals surface area contributed by atoms with E-state index in [2.05, 4.69) is 22.0 Å². The number of halogens is 3. The third kappa shape index (κ3) is 2.78. The van der Waals surface area contributed by atoms with Crippen LogP contribution >= 0.6 is 23.4 Å². The summed E-state index contributed by atoms with van der Waals surface area (Å²) in [5.74, 6) is 0.722. The molecule has 126 valence electrons. The summed E-state index contributed by atoms with van der Waals surface area (Å²) in [6.07, 6.45) is 8.58. The van der Waals surface area contributed by atoms with E-state index >= 15 is 0 Å². The largest absolute Gasteiger partial charge is 0.345 e. The second kappa shape index (κ2) is 6.52. The van der Waals surface area contributed by atoms with Gasteiger partial charge in [-0.05, 0) is 31.4 Å². The second-order valence-electron chi connectivity index (χ2n) is 6.25. The van der Waals surface area contributed by atoms with Crippen molar-refractivity contribution in [2.75, 3.05) is 11.5 Å². The quantitative estimate of drug-likeness (QED) is 0.533. The molecule has 0 aromatic heterocycles. The Morgan fingerprint density at radius 3 is 2.83 bits per heavy atom. The molecule has 0 bridgehead atoms. The summed E-state index contributed by atoms with van der Waals surface area (Å²) in [6.45, 7) is 0. The van der Waals surface area contributed by atoms with Gasteiger partial charge < -0.3 is 4.90 Å². The van der Waals surface area contributed by atoms with Crippen LogP contribution in [0.3, 0.4) is 0 Å². The molecule has 0 saturated heterocycles. The van der Waals surface area contributed by atoms with E-state index in [0.29, 0.717) is 0 Å². The molecule has 2 heterocycles. The maximum absolute atomic E-state index is 14.5. The first-order chi connectivity index (χ1) is 11.6. The van der Waals surface area contributed by atoms with Crippen molar-refractivity contribution >= 4 is 29.6 Å². The van der Waals surface area contributed by atoms with Gasteiger partial charge in [-0.25, -0.2) is 8.78 Å². The maximum atomic E-state index is 14.5. The van der Waals surface area contributed by atoms with Gasteiger partial charge in [-0.1, -0.05) is 23.8 Å². The number of rotatable bonds is 2. The molecule has 2 aliphatic heterocycles. The summed E-state index contributed by atoms with van der Waals surface area (Å²) in [5.41, 5.74) is 2.68. The monoisotopic (exact) mass is 366 g/mol. The van der Waals surface area contributed by atoms with Crippen LogP contribution in [0, 0.1) is 11.6 Å². The van der Waals surface area contributed by atoms with E-state index in [4.69, 9.17) is 11.6 Å². The smallest absolute Gasteiger partial charge is 0.150 e. The van der Waals surface area contributed by atoms with Gasteiger partial charge in [0.2, 0.25) is 0 Å². The summed E-state index contributed by atoms with van der Waals surface area (Å²) in [5, 5.41) is -0.195. The summed E-state index contributed by atoms with van der Waals surface area (Å²) >= 11 is 7.55. The highest BCUT2D eigenvalue weighted by Crippen LogP contribution is 2.41. The Morgan fingerprint density at radius 2 is 2.04 bits per heavy atom. The summed E-state index contributed by atoms with van der Waals surface area (Å²) in [6, 6.07) is 2.51. The second-order valence-corrected chi connectivity index (χ2v) is 7.64. The summed E-state index contributed by atoms with van der Waals surface area (Å²) in [7, 11) is 0. The molecule has 2 unspecified atom stereocenters. The first-order valence-electron chi connectivity index (χ1n) is 8.06. The van der Waals surface area contributed by atoms with Crippen molar-refractivity contribution < 1.29 is 8.78 Å². The van der Waals surface area contributed by atoms with Crippen LogP contribution in [0.4, 0.5) is 8.78 Å². The van der Waals surface area contributed by atoms with Gasteiger partial charge in [0.1, 0.15) is 17.8 Å². The molecule has 0 N–H and O–H groups in total. The number of thioether (sulfide) groups is 1. The zero-order chi connectivity index (χ0) is 16.7. The lowest BCUT2D eigenvalue weighted by atomic mass is 9.96. The third-order valence-electron chi connectivity index (χ3n) is 4.77. The highest BCUT2D eigenvalue weighted by atomic mass is 35.5. The van der Waals surface area contributed by atoms with Gasteiger partial charge in [0.05, 0.1) is 5.02 Å². The number of allylic oxidation sites excluding steroid dienone is 1. The fraction of sp³-hybridized carbons (Fsp3) is 0.389. The van der Waals surface area contributed by atoms with Crippen LogP contribution < -0.4 is 0 Å². The van der Waals surface area contributed by atoms with E-state index in [1.165, 1.54) is 17.3 Å². The molecule has 1 aliphatic carbocycles. The molecule has 3 aliphatic rings. The minimum absolute atomic E-state index is 0.195. The third-order valence-corrected chi connectivity index (χ3v) is 6.05. The van der Waals surface area contributed by atoms with E-state index in [1.54, 1.807) is 0 Å². The van der Waals surface area contributed by atoms with Gasteiger partial charge in [-0.3, -0.25) is 4.99 Å². The molecule has 0 radical (unpaired) electrons. The average molecular weight is 367 g/mol. The highest BCUT2D eigenvalue weighted by molar-refractivity contribution is 7.99. The standard InChI is InChI=1S/C18H17ClF2N2S/c19-14-7-15(20)13(6-16(14)21)18-22-8-11-9-24-10-17(11)23(18)12-4-2-1-3-5-12/h1-2,6-8,12,18H,3-5,9-10H2. The summed E-state index contributed by atoms with van der Waals surface area (Å²) in [4.78, 5) is 6.80. The first-order valence-corrected chi connectivity index (χ1v) is 9.59. The molecule has 0 amide bonds.